The summed E-state index contributed by atoms with van der Waals surface area (Å²) in [7, 11) is 0. The average Bonchev–Trinajstić information content (AvgIpc) is 2.63. The molecule has 1 aliphatic carbocycles. The number of hydrogen-bond acceptors (Lipinski definition) is 3. The second kappa shape index (κ2) is 5.07. The number of hydrogen-bond donors (Lipinski definition) is 0. The van der Waals surface area contributed by atoms with Gasteiger partial charge in [0.1, 0.15) is 0 Å². The number of halogens is 2. The van der Waals surface area contributed by atoms with E-state index in [1.54, 1.807) is 0 Å². The summed E-state index contributed by atoms with van der Waals surface area (Å²) in [6.07, 6.45) is 4.45. The number of nitrogens with zero attached hydrogens (tertiary/aromatic N) is 2. The maximum atomic E-state index is 13.2. The van der Waals surface area contributed by atoms with Gasteiger partial charge in [0.2, 0.25) is 0 Å². The Labute approximate surface area is 114 Å². The lowest BCUT2D eigenvalue weighted by Gasteiger charge is -2.06. The predicted octanol–water partition coefficient (Wildman–Crippen LogP) is 3.33. The van der Waals surface area contributed by atoms with Gasteiger partial charge in [-0.25, -0.2) is 18.7 Å². The second-order valence-electron chi connectivity index (χ2n) is 4.81. The van der Waals surface area contributed by atoms with E-state index < -0.39 is 11.6 Å². The molecular weight excluding hydrogens is 262 g/mol. The molecule has 0 aliphatic heterocycles. The lowest BCUT2D eigenvalue weighted by Crippen LogP contribution is -2.05. The van der Waals surface area contributed by atoms with Crippen molar-refractivity contribution in [2.75, 3.05) is 0 Å². The number of aromatic nitrogens is 2. The number of fused-ring (bicyclic) bond motifs is 1. The van der Waals surface area contributed by atoms with Gasteiger partial charge in [-0.15, -0.1) is 0 Å². The molecular formula is C15H12F2N2O. The quantitative estimate of drug-likeness (QED) is 0.749. The highest BCUT2D eigenvalue weighted by atomic mass is 19.2. The molecule has 1 aliphatic rings. The third kappa shape index (κ3) is 2.31. The van der Waals surface area contributed by atoms with Crippen molar-refractivity contribution in [2.24, 2.45) is 0 Å². The van der Waals surface area contributed by atoms with E-state index in [0.717, 1.165) is 25.0 Å². The van der Waals surface area contributed by atoms with Crippen LogP contribution in [0.5, 0.6) is 0 Å². The van der Waals surface area contributed by atoms with Gasteiger partial charge in [0.15, 0.2) is 23.2 Å². The van der Waals surface area contributed by atoms with Gasteiger partial charge < -0.3 is 0 Å². The van der Waals surface area contributed by atoms with Crippen LogP contribution in [0.15, 0.2) is 24.4 Å². The van der Waals surface area contributed by atoms with Crippen LogP contribution in [0.4, 0.5) is 8.78 Å². The zero-order chi connectivity index (χ0) is 14.1. The summed E-state index contributed by atoms with van der Waals surface area (Å²) in [6.45, 7) is 0. The van der Waals surface area contributed by atoms with Gasteiger partial charge in [0, 0.05) is 18.2 Å². The summed E-state index contributed by atoms with van der Waals surface area (Å²) in [4.78, 5) is 20.3. The van der Waals surface area contributed by atoms with E-state index in [-0.39, 0.29) is 5.78 Å². The van der Waals surface area contributed by atoms with Gasteiger partial charge in [-0.2, -0.15) is 0 Å². The zero-order valence-corrected chi connectivity index (χ0v) is 10.7. The van der Waals surface area contributed by atoms with Crippen molar-refractivity contribution in [2.45, 2.75) is 25.7 Å². The maximum absolute atomic E-state index is 13.2. The molecule has 1 aromatic heterocycles. The van der Waals surface area contributed by atoms with Crippen molar-refractivity contribution in [1.29, 1.82) is 0 Å². The molecule has 0 atom stereocenters. The monoisotopic (exact) mass is 274 g/mol. The molecule has 0 saturated carbocycles. The lowest BCUT2D eigenvalue weighted by atomic mass is 10.1. The fourth-order valence-corrected chi connectivity index (χ4v) is 2.33. The summed E-state index contributed by atoms with van der Waals surface area (Å²) in [5.41, 5.74) is 1.65. The molecule has 3 nitrogen and oxygen atoms in total. The van der Waals surface area contributed by atoms with Gasteiger partial charge in [0.05, 0.1) is 11.3 Å². The van der Waals surface area contributed by atoms with Crippen LogP contribution < -0.4 is 0 Å². The molecule has 0 unspecified atom stereocenters. The molecule has 3 rings (SSSR count). The van der Waals surface area contributed by atoms with Gasteiger partial charge in [0.25, 0.3) is 0 Å². The van der Waals surface area contributed by atoms with E-state index in [4.69, 9.17) is 0 Å². The summed E-state index contributed by atoms with van der Waals surface area (Å²) in [5, 5.41) is 0. The van der Waals surface area contributed by atoms with E-state index in [2.05, 4.69) is 9.97 Å². The number of Topliss-reactive ketones (excluding diaryl/α,β-unsaturated/α-hetero) is 1. The molecule has 0 saturated heterocycles. The molecule has 0 N–H and O–H groups in total. The molecule has 0 amide bonds. The third-order valence-corrected chi connectivity index (χ3v) is 3.41. The fourth-order valence-electron chi connectivity index (χ4n) is 2.33. The first-order valence-corrected chi connectivity index (χ1v) is 6.49. The van der Waals surface area contributed by atoms with Crippen LogP contribution in [0.3, 0.4) is 0 Å². The molecule has 102 valence electrons. The van der Waals surface area contributed by atoms with Gasteiger partial charge in [-0.05, 0) is 37.5 Å². The number of benzene rings is 1. The Bertz CT molecular complexity index is 686. The van der Waals surface area contributed by atoms with Crippen LogP contribution in [0, 0.1) is 11.6 Å². The molecule has 0 fully saturated rings. The van der Waals surface area contributed by atoms with Crippen LogP contribution in [-0.2, 0) is 6.42 Å². The largest absolute Gasteiger partial charge is 0.294 e. The normalized spacial score (nSPS) is 14.8. The summed E-state index contributed by atoms with van der Waals surface area (Å²) >= 11 is 0. The van der Waals surface area contributed by atoms with Crippen LogP contribution in [-0.4, -0.2) is 15.8 Å². The van der Waals surface area contributed by atoms with Crippen molar-refractivity contribution < 1.29 is 13.6 Å². The van der Waals surface area contributed by atoms with E-state index >= 15 is 0 Å². The van der Waals surface area contributed by atoms with Crippen LogP contribution in [0.2, 0.25) is 0 Å². The Balaban J connectivity index is 2.05. The van der Waals surface area contributed by atoms with Crippen molar-refractivity contribution in [3.05, 3.63) is 47.3 Å². The zero-order valence-electron chi connectivity index (χ0n) is 10.7. The summed E-state index contributed by atoms with van der Waals surface area (Å²) in [6, 6.07) is 3.54. The first kappa shape index (κ1) is 12.8. The minimum absolute atomic E-state index is 0.0503. The maximum Gasteiger partial charge on any atom is 0.166 e. The molecule has 0 spiro atoms. The molecule has 0 bridgehead atoms. The fraction of sp³-hybridized carbons (Fsp3) is 0.267. The molecule has 1 heterocycles. The SMILES string of the molecule is O=C1CCCCc2nc(-c3ccc(F)c(F)c3)ncc21. The number of aryl methyl sites for hydroxylation is 1. The summed E-state index contributed by atoms with van der Waals surface area (Å²) in [5.74, 6) is -1.47. The van der Waals surface area contributed by atoms with E-state index in [1.807, 2.05) is 0 Å². The number of ketones is 1. The highest BCUT2D eigenvalue weighted by molar-refractivity contribution is 5.97. The van der Waals surface area contributed by atoms with Crippen molar-refractivity contribution in [3.63, 3.8) is 0 Å². The third-order valence-electron chi connectivity index (χ3n) is 3.41. The topological polar surface area (TPSA) is 42.9 Å². The Hall–Kier alpha value is -2.17. The van der Waals surface area contributed by atoms with Crippen LogP contribution in [0.1, 0.15) is 35.3 Å². The second-order valence-corrected chi connectivity index (χ2v) is 4.81. The number of carbonyl (C=O) groups excluding carboxylic acids is 1. The van der Waals surface area contributed by atoms with Gasteiger partial charge in [-0.1, -0.05) is 0 Å². The smallest absolute Gasteiger partial charge is 0.166 e. The van der Waals surface area contributed by atoms with Crippen LogP contribution in [0.25, 0.3) is 11.4 Å². The number of carbonyl (C=O) groups is 1. The van der Waals surface area contributed by atoms with E-state index in [1.165, 1.54) is 12.3 Å². The minimum Gasteiger partial charge on any atom is -0.294 e. The Morgan fingerprint density at radius 1 is 1.05 bits per heavy atom. The van der Waals surface area contributed by atoms with Crippen molar-refractivity contribution >= 4 is 5.78 Å². The van der Waals surface area contributed by atoms with Gasteiger partial charge >= 0.3 is 0 Å². The van der Waals surface area contributed by atoms with Crippen molar-refractivity contribution in [3.8, 4) is 11.4 Å². The highest BCUT2D eigenvalue weighted by Crippen LogP contribution is 2.23. The van der Waals surface area contributed by atoms with E-state index in [0.29, 0.717) is 35.5 Å². The molecule has 20 heavy (non-hydrogen) atoms. The summed E-state index contributed by atoms with van der Waals surface area (Å²) < 4.78 is 26.2. The van der Waals surface area contributed by atoms with Crippen LogP contribution >= 0.6 is 0 Å². The first-order chi connectivity index (χ1) is 9.65. The Morgan fingerprint density at radius 3 is 2.65 bits per heavy atom. The average molecular weight is 274 g/mol. The van der Waals surface area contributed by atoms with Gasteiger partial charge in [-0.3, -0.25) is 4.79 Å². The van der Waals surface area contributed by atoms with E-state index in [9.17, 15) is 13.6 Å². The molecule has 5 heteroatoms. The number of rotatable bonds is 1. The molecule has 0 radical (unpaired) electrons. The molecule has 1 aromatic carbocycles. The minimum atomic E-state index is -0.933. The predicted molar refractivity (Wildman–Crippen MR) is 69.3 cm³/mol. The lowest BCUT2D eigenvalue weighted by molar-refractivity contribution is 0.0981. The van der Waals surface area contributed by atoms with Crippen molar-refractivity contribution in [1.82, 2.24) is 9.97 Å². The first-order valence-electron chi connectivity index (χ1n) is 6.49. The molecule has 2 aromatic rings. The Morgan fingerprint density at radius 2 is 1.85 bits per heavy atom. The highest BCUT2D eigenvalue weighted by Gasteiger charge is 2.18. The standard InChI is InChI=1S/C15H12F2N2O/c16-11-6-5-9(7-12(11)17)15-18-8-10-13(19-15)3-1-2-4-14(10)20/h5-8H,1-4H2. The Kier molecular flexibility index (Phi) is 3.26.